The normalized spacial score (nSPS) is 11.8. The van der Waals surface area contributed by atoms with Crippen LogP contribution in [-0.2, 0) is 16.1 Å². The van der Waals surface area contributed by atoms with E-state index in [0.717, 1.165) is 27.9 Å². The van der Waals surface area contributed by atoms with Crippen molar-refractivity contribution in [3.8, 4) is 27.8 Å². The highest BCUT2D eigenvalue weighted by Crippen LogP contribution is 2.39. The van der Waals surface area contributed by atoms with Crippen LogP contribution in [0.2, 0.25) is 0 Å². The molecule has 3 heterocycles. The van der Waals surface area contributed by atoms with E-state index in [4.69, 9.17) is 15.2 Å². The lowest BCUT2D eigenvalue weighted by Crippen LogP contribution is -2.32. The van der Waals surface area contributed by atoms with Crippen molar-refractivity contribution in [2.45, 2.75) is 19.4 Å². The third-order valence-electron chi connectivity index (χ3n) is 6.02. The van der Waals surface area contributed by atoms with Crippen molar-refractivity contribution in [2.24, 2.45) is 5.73 Å². The van der Waals surface area contributed by atoms with Crippen LogP contribution in [0.25, 0.3) is 20.8 Å². The lowest BCUT2D eigenvalue weighted by atomic mass is 9.97. The molecule has 5 aromatic rings. The van der Waals surface area contributed by atoms with Crippen molar-refractivity contribution >= 4 is 39.1 Å². The van der Waals surface area contributed by atoms with E-state index in [0.29, 0.717) is 22.7 Å². The van der Waals surface area contributed by atoms with Crippen molar-refractivity contribution in [2.75, 3.05) is 12.4 Å². The van der Waals surface area contributed by atoms with Gasteiger partial charge in [-0.15, -0.1) is 11.3 Å². The van der Waals surface area contributed by atoms with Crippen LogP contribution in [-0.4, -0.2) is 33.5 Å². The number of hydrogen-bond donors (Lipinski definition) is 2. The summed E-state index contributed by atoms with van der Waals surface area (Å²) in [6.07, 6.45) is 5.29. The van der Waals surface area contributed by atoms with E-state index in [1.54, 1.807) is 42.9 Å². The average molecular weight is 546 g/mol. The molecule has 1 unspecified atom stereocenters. The number of carbonyl (C=O) groups excluding carboxylic acids is 2. The summed E-state index contributed by atoms with van der Waals surface area (Å²) in [6.45, 7) is 2.83. The number of nitrogens with two attached hydrogens (primary N) is 1. The largest absolute Gasteiger partial charge is 0.497 e. The number of fused-ring (bicyclic) bond motifs is 1. The van der Waals surface area contributed by atoms with Crippen molar-refractivity contribution in [1.82, 2.24) is 14.5 Å². The molecule has 0 bridgehead atoms. The number of methoxy groups -OCH3 is 1. The van der Waals surface area contributed by atoms with Gasteiger partial charge in [0.05, 0.1) is 34.2 Å². The molecule has 0 aliphatic rings. The highest BCUT2D eigenvalue weighted by molar-refractivity contribution is 7.22. The lowest BCUT2D eigenvalue weighted by Gasteiger charge is -2.16. The minimum absolute atomic E-state index is 0.0760. The molecule has 3 aromatic heterocycles. The lowest BCUT2D eigenvalue weighted by molar-refractivity contribution is -0.127. The molecule has 2 aromatic carbocycles. The van der Waals surface area contributed by atoms with Crippen LogP contribution in [0.4, 0.5) is 10.1 Å². The van der Waals surface area contributed by atoms with E-state index >= 15 is 4.39 Å². The molecule has 0 saturated carbocycles. The number of hydrogen-bond acceptors (Lipinski definition) is 7. The zero-order valence-corrected chi connectivity index (χ0v) is 21.9. The van der Waals surface area contributed by atoms with Crippen molar-refractivity contribution in [3.63, 3.8) is 0 Å². The molecule has 1 atom stereocenters. The van der Waals surface area contributed by atoms with Crippen molar-refractivity contribution in [1.29, 1.82) is 0 Å². The Morgan fingerprint density at radius 1 is 1.13 bits per heavy atom. The number of pyridine rings is 1. The number of aryl methyl sites for hydroxylation is 1. The van der Waals surface area contributed by atoms with Crippen LogP contribution in [0.15, 0.2) is 73.3 Å². The molecule has 5 rings (SSSR count). The Morgan fingerprint density at radius 3 is 2.69 bits per heavy atom. The maximum atomic E-state index is 15.2. The first-order valence-electron chi connectivity index (χ1n) is 12.0. The smallest absolute Gasteiger partial charge is 0.241 e. The number of thiophene rings is 1. The van der Waals surface area contributed by atoms with Crippen LogP contribution in [0.3, 0.4) is 0 Å². The van der Waals surface area contributed by atoms with Gasteiger partial charge in [-0.2, -0.15) is 0 Å². The van der Waals surface area contributed by atoms with Gasteiger partial charge in [-0.1, -0.05) is 12.1 Å². The number of carbonyl (C=O) groups is 2. The average Bonchev–Trinajstić information content (AvgIpc) is 3.58. The molecule has 0 saturated heterocycles. The van der Waals surface area contributed by atoms with Gasteiger partial charge in [0.1, 0.15) is 17.4 Å². The third-order valence-corrected chi connectivity index (χ3v) is 7.18. The first-order valence-corrected chi connectivity index (χ1v) is 12.8. The SMILES string of the molecule is CCn1cnc(-c2cc3nccc(Oc4ccc(C(C(N)=O)C(=O)Nc5cccc(OC)c5)cc4F)c3s2)c1. The Labute approximate surface area is 227 Å². The number of halogens is 1. The number of amides is 2. The van der Waals surface area contributed by atoms with Gasteiger partial charge >= 0.3 is 0 Å². The molecule has 9 nitrogen and oxygen atoms in total. The Balaban J connectivity index is 1.39. The van der Waals surface area contributed by atoms with Gasteiger partial charge < -0.3 is 25.1 Å². The minimum atomic E-state index is -1.42. The molecule has 0 aliphatic heterocycles. The van der Waals surface area contributed by atoms with E-state index in [-0.39, 0.29) is 11.3 Å². The molecule has 0 aliphatic carbocycles. The maximum absolute atomic E-state index is 15.2. The topological polar surface area (TPSA) is 121 Å². The Bertz CT molecular complexity index is 1680. The molecule has 39 heavy (non-hydrogen) atoms. The van der Waals surface area contributed by atoms with E-state index in [1.165, 1.54) is 30.6 Å². The zero-order chi connectivity index (χ0) is 27.5. The van der Waals surface area contributed by atoms with E-state index in [2.05, 4.69) is 15.3 Å². The summed E-state index contributed by atoms with van der Waals surface area (Å²) in [5.74, 6) is -2.93. The van der Waals surface area contributed by atoms with Gasteiger partial charge in [0.25, 0.3) is 0 Å². The number of anilines is 1. The number of nitrogens with zero attached hydrogens (tertiary/aromatic N) is 3. The minimum Gasteiger partial charge on any atom is -0.497 e. The van der Waals surface area contributed by atoms with E-state index in [1.807, 2.05) is 23.8 Å². The van der Waals surface area contributed by atoms with Crippen LogP contribution in [0, 0.1) is 5.82 Å². The maximum Gasteiger partial charge on any atom is 0.241 e. The fraction of sp³-hybridized carbons (Fsp3) is 0.143. The second kappa shape index (κ2) is 10.9. The Kier molecular flexibility index (Phi) is 7.24. The first kappa shape index (κ1) is 25.9. The summed E-state index contributed by atoms with van der Waals surface area (Å²) < 4.78 is 29.0. The fourth-order valence-corrected chi connectivity index (χ4v) is 5.07. The molecule has 0 radical (unpaired) electrons. The van der Waals surface area contributed by atoms with Crippen molar-refractivity contribution in [3.05, 3.63) is 84.7 Å². The van der Waals surface area contributed by atoms with Crippen LogP contribution >= 0.6 is 11.3 Å². The molecule has 11 heteroatoms. The summed E-state index contributed by atoms with van der Waals surface area (Å²) in [7, 11) is 1.50. The van der Waals surface area contributed by atoms with Crippen LogP contribution in [0.5, 0.6) is 17.2 Å². The third kappa shape index (κ3) is 5.43. The van der Waals surface area contributed by atoms with Gasteiger partial charge in [0.15, 0.2) is 11.6 Å². The van der Waals surface area contributed by atoms with Gasteiger partial charge in [-0.3, -0.25) is 14.6 Å². The second-order valence-electron chi connectivity index (χ2n) is 8.57. The number of aromatic nitrogens is 3. The van der Waals surface area contributed by atoms with Gasteiger partial charge in [0, 0.05) is 36.8 Å². The predicted octanol–water partition coefficient (Wildman–Crippen LogP) is 5.33. The summed E-state index contributed by atoms with van der Waals surface area (Å²) >= 11 is 1.44. The van der Waals surface area contributed by atoms with Crippen molar-refractivity contribution < 1.29 is 23.5 Å². The number of rotatable bonds is 9. The van der Waals surface area contributed by atoms with Crippen LogP contribution in [0.1, 0.15) is 18.4 Å². The second-order valence-corrected chi connectivity index (χ2v) is 9.62. The zero-order valence-electron chi connectivity index (χ0n) is 21.1. The van der Waals surface area contributed by atoms with Crippen LogP contribution < -0.4 is 20.5 Å². The summed E-state index contributed by atoms with van der Waals surface area (Å²) in [5.41, 5.74) is 7.53. The molecular weight excluding hydrogens is 521 g/mol. The molecule has 0 fully saturated rings. The standard InChI is InChI=1S/C28H24FN5O4S/c1-3-34-14-21(32-15-34)24-13-20-26(39-24)23(9-10-31-20)38-22-8-7-16(11-19(22)29)25(27(30)35)28(36)33-17-5-4-6-18(12-17)37-2/h4-15,25H,3H2,1-2H3,(H2,30,35)(H,33,36). The summed E-state index contributed by atoms with van der Waals surface area (Å²) in [5, 5.41) is 2.63. The van der Waals surface area contributed by atoms with Gasteiger partial charge in [-0.25, -0.2) is 9.37 Å². The molecule has 3 N–H and O–H groups in total. The highest BCUT2D eigenvalue weighted by atomic mass is 32.1. The number of nitrogens with one attached hydrogen (secondary N) is 1. The molecule has 198 valence electrons. The highest BCUT2D eigenvalue weighted by Gasteiger charge is 2.28. The number of ether oxygens (including phenoxy) is 2. The van der Waals surface area contributed by atoms with E-state index in [9.17, 15) is 9.59 Å². The van der Waals surface area contributed by atoms with Gasteiger partial charge in [0.2, 0.25) is 11.8 Å². The summed E-state index contributed by atoms with van der Waals surface area (Å²) in [4.78, 5) is 34.9. The fourth-order valence-electron chi connectivity index (χ4n) is 4.04. The predicted molar refractivity (Wildman–Crippen MR) is 147 cm³/mol. The summed E-state index contributed by atoms with van der Waals surface area (Å²) in [6, 6.07) is 14.1. The first-order chi connectivity index (χ1) is 18.9. The van der Waals surface area contributed by atoms with E-state index < -0.39 is 23.5 Å². The quantitative estimate of drug-likeness (QED) is 0.242. The van der Waals surface area contributed by atoms with Gasteiger partial charge in [-0.05, 0) is 42.8 Å². The number of benzene rings is 2. The molecule has 2 amide bonds. The molecule has 0 spiro atoms. The monoisotopic (exact) mass is 545 g/mol. The Morgan fingerprint density at radius 2 is 1.97 bits per heavy atom. The Hall–Kier alpha value is -4.77. The number of imidazole rings is 1. The molecular formula is C28H24FN5O4S. The number of primary amides is 1.